The lowest BCUT2D eigenvalue weighted by molar-refractivity contribution is -0.166. The highest BCUT2D eigenvalue weighted by Crippen LogP contribution is 2.51. The number of esters is 3. The second-order valence-corrected chi connectivity index (χ2v) is 41.5. The molecule has 2 N–H and O–H groups in total. The van der Waals surface area contributed by atoms with Gasteiger partial charge in [-0.3, -0.25) is 14.4 Å². The van der Waals surface area contributed by atoms with Crippen LogP contribution in [-0.4, -0.2) is 98.8 Å². The Morgan fingerprint density at radius 1 is 0.581 bits per heavy atom. The zero-order valence-electron chi connectivity index (χ0n) is 54.8. The molecule has 0 spiro atoms. The molecule has 44 heteroatoms. The number of alkyl halides is 6. The summed E-state index contributed by atoms with van der Waals surface area (Å²) < 4.78 is 122. The van der Waals surface area contributed by atoms with Gasteiger partial charge in [-0.15, -0.1) is 56.7 Å². The van der Waals surface area contributed by atoms with Gasteiger partial charge in [0, 0.05) is 68.1 Å². The lowest BCUT2D eigenvalue weighted by Gasteiger charge is -2.32. The third-order valence-electron chi connectivity index (χ3n) is 13.1. The number of aliphatic hydroxyl groups is 2. The zero-order valence-corrected chi connectivity index (χ0v) is 81.3. The van der Waals surface area contributed by atoms with Crippen molar-refractivity contribution in [1.82, 2.24) is 0 Å². The lowest BCUT2D eigenvalue weighted by atomic mass is 9.78. The molecule has 0 radical (unpaired) electrons. The molecule has 2 aliphatic rings. The number of thiophene rings is 7. The minimum atomic E-state index is -4.70. The number of benzene rings is 1. The Labute approximate surface area is 746 Å². The van der Waals surface area contributed by atoms with Crippen molar-refractivity contribution in [1.29, 1.82) is 0 Å². The van der Waals surface area contributed by atoms with Crippen LogP contribution in [0.15, 0.2) is 80.9 Å². The van der Waals surface area contributed by atoms with E-state index in [0.29, 0.717) is 54.5 Å². The van der Waals surface area contributed by atoms with Gasteiger partial charge in [-0.05, 0) is 251 Å². The zero-order chi connectivity index (χ0) is 80.4. The first-order chi connectivity index (χ1) is 48.5. The van der Waals surface area contributed by atoms with E-state index in [9.17, 15) is 65.3 Å². The van der Waals surface area contributed by atoms with Gasteiger partial charge in [-0.25, -0.2) is 14.4 Å². The molecule has 0 aliphatic carbocycles. The van der Waals surface area contributed by atoms with E-state index in [1.165, 1.54) is 58.0 Å². The molecule has 7 aromatic heterocycles. The number of methoxy groups -OCH3 is 3. The molecule has 0 saturated carbocycles. The average molecular weight is 2440 g/mol. The second kappa shape index (κ2) is 45.2. The van der Waals surface area contributed by atoms with E-state index in [1.807, 2.05) is 50.9 Å². The van der Waals surface area contributed by atoms with Gasteiger partial charge >= 0.3 is 37.4 Å². The maximum Gasteiger partial charge on any atom is 0.494 e. The summed E-state index contributed by atoms with van der Waals surface area (Å²) in [6, 6.07) is 6.25. The molecular weight excluding hydrogens is 2390 g/mol. The summed E-state index contributed by atoms with van der Waals surface area (Å²) in [5.41, 5.74) is 2.40. The highest BCUT2D eigenvalue weighted by molar-refractivity contribution is 14.1. The summed E-state index contributed by atoms with van der Waals surface area (Å²) in [5, 5.41) is 28.5. The molecule has 15 nitrogen and oxygen atoms in total. The molecule has 9 heterocycles. The minimum Gasteiger partial charge on any atom is -0.493 e. The van der Waals surface area contributed by atoms with Crippen LogP contribution in [0.4, 0.5) is 26.3 Å². The molecule has 578 valence electrons. The number of fused-ring (bicyclic) bond motifs is 1. The van der Waals surface area contributed by atoms with Crippen molar-refractivity contribution in [3.05, 3.63) is 157 Å². The number of hydrogen-bond donors (Lipinski definition) is 2. The minimum absolute atomic E-state index is 0.0128. The van der Waals surface area contributed by atoms with E-state index >= 15 is 0 Å². The predicted molar refractivity (Wildman–Crippen MR) is 454 cm³/mol. The molecular formula is C61H52BBr8Cl5F6I2O15S7. The van der Waals surface area contributed by atoms with Crippen LogP contribution >= 0.6 is 310 Å². The smallest absolute Gasteiger partial charge is 0.493 e. The third kappa shape index (κ3) is 29.3. The van der Waals surface area contributed by atoms with E-state index in [-0.39, 0.29) is 52.8 Å². The Bertz CT molecular complexity index is 4250. The summed E-state index contributed by atoms with van der Waals surface area (Å²) in [6.45, 7) is 14.0. The fraction of sp³-hybridized carbons (Fsp3) is 0.344. The van der Waals surface area contributed by atoms with Crippen molar-refractivity contribution >= 4 is 359 Å². The normalized spacial score (nSPS) is 14.1. The van der Waals surface area contributed by atoms with Crippen LogP contribution in [0.2, 0.25) is 21.7 Å². The number of ether oxygens (including phenoxy) is 5. The van der Waals surface area contributed by atoms with Crippen LogP contribution in [-0.2, 0) is 61.4 Å². The standard InChI is InChI=1S/C15H21BO3.C12H13BrClF3O3S.C8H5BrClF3O3S.C7H5BrClIO3S.C5HBrClIOS.C5H2BrClOS.C5H3BrOS.C4H2Br2S/c1-14(2)15(3,4)19-16(18-14)12-7-8-13-11(10-12)6-5-9-17-13;1-11(2,3)20-7(10(18)19-4)5-6(13)9(14)21-8(5)12(15,16)17;1-16-7(15)4(14)2-3(9)6(10)17-5(2)8(11,12)13;1-13-7(12)4(11)2-3(8)5(9)14-6(2)10;6-3-2(1-9)5(8)10-4(3)7;6-4-3(1-8)2-9-5(4)7;6-5-3-8-2-4(5)1-7;5-3-1-7-2-4(3)6/h7-8,10H,5-6,9H2,1-4H3;7H,1-4H3;4,14H,1H3;4,11H,1H3;1H;1-2H;1-3H;1-2H. The van der Waals surface area contributed by atoms with E-state index in [1.54, 1.807) is 42.9 Å². The molecule has 0 bridgehead atoms. The number of aldehydes is 3. The highest BCUT2D eigenvalue weighted by atomic mass is 127. The Hall–Kier alpha value is 0.535. The van der Waals surface area contributed by atoms with E-state index in [2.05, 4.69) is 198 Å². The van der Waals surface area contributed by atoms with Gasteiger partial charge in [0.1, 0.15) is 37.2 Å². The van der Waals surface area contributed by atoms with Crippen molar-refractivity contribution in [3.8, 4) is 5.75 Å². The molecule has 1 aromatic carbocycles. The van der Waals surface area contributed by atoms with Crippen LogP contribution in [0.3, 0.4) is 0 Å². The van der Waals surface area contributed by atoms with E-state index in [0.717, 1.165) is 88.5 Å². The molecule has 105 heavy (non-hydrogen) atoms. The number of hydrogen-bond acceptors (Lipinski definition) is 22. The maximum absolute atomic E-state index is 13.1. The van der Waals surface area contributed by atoms with Crippen molar-refractivity contribution in [2.75, 3.05) is 27.9 Å². The average Bonchev–Trinajstić information content (AvgIpc) is 1.65. The molecule has 1 saturated heterocycles. The number of halogens is 21. The molecule has 10 rings (SSSR count). The fourth-order valence-electron chi connectivity index (χ4n) is 7.46. The molecule has 3 atom stereocenters. The van der Waals surface area contributed by atoms with Crippen molar-refractivity contribution < 1.29 is 98.3 Å². The largest absolute Gasteiger partial charge is 0.494 e. The quantitative estimate of drug-likeness (QED) is 0.0308. The number of carbonyl (C=O) groups excluding carboxylic acids is 6. The molecule has 2 aliphatic heterocycles. The number of rotatable bonds is 11. The highest BCUT2D eigenvalue weighted by Gasteiger charge is 2.52. The lowest BCUT2D eigenvalue weighted by Crippen LogP contribution is -2.41. The van der Waals surface area contributed by atoms with E-state index < -0.39 is 69.5 Å². The third-order valence-corrected chi connectivity index (χ3v) is 33.7. The summed E-state index contributed by atoms with van der Waals surface area (Å²) in [5.74, 6) is -1.80. The first-order valence-electron chi connectivity index (χ1n) is 28.1. The van der Waals surface area contributed by atoms with Crippen LogP contribution in [0.1, 0.15) is 136 Å². The van der Waals surface area contributed by atoms with Gasteiger partial charge in [0.05, 0.1) is 78.4 Å². The van der Waals surface area contributed by atoms with Crippen molar-refractivity contribution in [2.24, 2.45) is 0 Å². The van der Waals surface area contributed by atoms with Crippen molar-refractivity contribution in [3.63, 3.8) is 0 Å². The Morgan fingerprint density at radius 3 is 1.37 bits per heavy atom. The van der Waals surface area contributed by atoms with Gasteiger partial charge in [0.15, 0.2) is 37.2 Å². The van der Waals surface area contributed by atoms with Crippen LogP contribution < -0.4 is 10.2 Å². The van der Waals surface area contributed by atoms with Gasteiger partial charge in [0.2, 0.25) is 0 Å². The van der Waals surface area contributed by atoms with Gasteiger partial charge < -0.3 is 43.2 Å². The predicted octanol–water partition coefficient (Wildman–Crippen LogP) is 26.0. The Balaban J connectivity index is 0.000000319. The monoisotopic (exact) mass is 2430 g/mol. The molecule has 8 aromatic rings. The van der Waals surface area contributed by atoms with E-state index in [4.69, 9.17) is 76.8 Å². The molecule has 1 fully saturated rings. The number of aliphatic hydroxyl groups excluding tert-OH is 2. The topological polar surface area (TPSA) is 207 Å². The van der Waals surface area contributed by atoms with Crippen LogP contribution in [0.5, 0.6) is 5.75 Å². The molecule has 0 amide bonds. The SMILES string of the molecule is Brc1cscc1Br.CC1(C)OB(c2ccc3c(c2)CCCO3)OC1(C)C.COC(=O)C(O)c1c(C(F)(F)F)sc(Cl)c1Br.COC(=O)C(O)c1c(I)sc(Cl)c1Br.COC(=O)C(OC(C)(C)C)c1c(C(F)(F)F)sc(Cl)c1Br.O=Cc1c(I)sc(Cl)c1Br.O=Cc1csc(Cl)c1Br.O=Cc1cscc1Br. The molecule has 3 unspecified atom stereocenters. The van der Waals surface area contributed by atoms with Gasteiger partial charge in [0.25, 0.3) is 0 Å². The summed E-state index contributed by atoms with van der Waals surface area (Å²) in [6.07, 6.45) is -9.64. The summed E-state index contributed by atoms with van der Waals surface area (Å²) in [4.78, 5) is 62.5. The first kappa shape index (κ1) is 99.7. The number of aryl methyl sites for hydroxylation is 1. The van der Waals surface area contributed by atoms with Crippen molar-refractivity contribution in [2.45, 2.75) is 109 Å². The van der Waals surface area contributed by atoms with Gasteiger partial charge in [-0.2, -0.15) is 49.0 Å². The van der Waals surface area contributed by atoms with Crippen LogP contribution in [0, 0.1) is 5.77 Å². The maximum atomic E-state index is 13.1. The second-order valence-electron chi connectivity index (χ2n) is 21.9. The number of carbonyl (C=O) groups is 6. The Kier molecular flexibility index (Phi) is 42.9. The van der Waals surface area contributed by atoms with Crippen LogP contribution in [0.25, 0.3) is 0 Å². The summed E-state index contributed by atoms with van der Waals surface area (Å²) >= 11 is 65.6. The summed E-state index contributed by atoms with van der Waals surface area (Å²) in [7, 11) is 2.98. The fourth-order valence-corrected chi connectivity index (χ4v) is 23.1. The van der Waals surface area contributed by atoms with Gasteiger partial charge in [-0.1, -0.05) is 70.1 Å². The Morgan fingerprint density at radius 2 is 1.02 bits per heavy atom. The first-order valence-corrected chi connectivity index (χ1v) is 44.6.